The second-order valence-electron chi connectivity index (χ2n) is 2.59. The van der Waals surface area contributed by atoms with E-state index in [2.05, 4.69) is 14.2 Å². The molecule has 1 aromatic carbocycles. The van der Waals surface area contributed by atoms with Crippen LogP contribution in [-0.4, -0.2) is 8.86 Å². The molecule has 13 heavy (non-hydrogen) atoms. The first-order valence-electron chi connectivity index (χ1n) is 3.87. The topological polar surface area (TPSA) is 41.7 Å². The number of para-hydroxylation sites is 1. The number of aromatic nitrogens is 3. The van der Waals surface area contributed by atoms with Crippen LogP contribution in [0.25, 0.3) is 0 Å². The fourth-order valence-electron chi connectivity index (χ4n) is 0.964. The molecule has 4 nitrogen and oxygen atoms in total. The smallest absolute Gasteiger partial charge is 0.239 e. The van der Waals surface area contributed by atoms with Crippen molar-refractivity contribution in [2.75, 3.05) is 5.32 Å². The molecule has 0 atom stereocenters. The van der Waals surface area contributed by atoms with Crippen LogP contribution in [0, 0.1) is 0 Å². The van der Waals surface area contributed by atoms with Crippen LogP contribution in [0.15, 0.2) is 30.3 Å². The van der Waals surface area contributed by atoms with Crippen molar-refractivity contribution in [2.45, 2.75) is 0 Å². The third-order valence-electron chi connectivity index (χ3n) is 1.62. The third-order valence-corrected chi connectivity index (χ3v) is 2.20. The number of aryl methyl sites for hydroxylation is 1. The third kappa shape index (κ3) is 1.81. The first-order chi connectivity index (χ1) is 6.36. The van der Waals surface area contributed by atoms with Crippen molar-refractivity contribution in [1.29, 1.82) is 0 Å². The summed E-state index contributed by atoms with van der Waals surface area (Å²) in [6, 6.07) is 9.90. The summed E-state index contributed by atoms with van der Waals surface area (Å²) < 4.78 is 9.80. The summed E-state index contributed by atoms with van der Waals surface area (Å²) in [7, 11) is 1.86. The van der Waals surface area contributed by atoms with E-state index in [1.165, 1.54) is 11.7 Å². The zero-order chi connectivity index (χ0) is 9.10. The van der Waals surface area contributed by atoms with E-state index >= 15 is 0 Å². The molecule has 1 N–H and O–H groups in total. The van der Waals surface area contributed by atoms with Gasteiger partial charge in [-0.1, -0.05) is 18.2 Å². The Bertz CT molecular complexity index is 384. The highest BCUT2D eigenvalue weighted by Crippen LogP contribution is 2.09. The summed E-state index contributed by atoms with van der Waals surface area (Å²) in [6.45, 7) is 0. The number of hydrogen-bond acceptors (Lipinski definition) is 4. The lowest BCUT2D eigenvalue weighted by Gasteiger charge is -1.94. The predicted octanol–water partition coefficient (Wildman–Crippen LogP) is 1.11. The number of anilines is 2. The molecule has 0 aliphatic rings. The number of rotatable bonds is 2. The van der Waals surface area contributed by atoms with E-state index in [0.29, 0.717) is 0 Å². The van der Waals surface area contributed by atoms with Crippen LogP contribution in [0.5, 0.6) is 0 Å². The molecule has 1 aromatic heterocycles. The van der Waals surface area contributed by atoms with Crippen LogP contribution < -0.4 is 10.00 Å². The minimum atomic E-state index is 0.760. The van der Waals surface area contributed by atoms with Crippen molar-refractivity contribution in [2.24, 2.45) is 7.05 Å². The molecule has 0 amide bonds. The lowest BCUT2D eigenvalue weighted by Crippen LogP contribution is -2.32. The standard InChI is InChI=1S/C8H9N4S/c1-12-8(10-13-11-12)9-7-5-3-2-4-6-7/h2-6H,1H3,(H,9,10)/q+1. The molecular formula is C8H9N4S+. The van der Waals surface area contributed by atoms with Gasteiger partial charge in [-0.2, -0.15) is 0 Å². The first-order valence-corrected chi connectivity index (χ1v) is 4.60. The number of nitrogens with one attached hydrogen (secondary N) is 1. The Hall–Kier alpha value is -1.49. The second kappa shape index (κ2) is 3.49. The Morgan fingerprint density at radius 3 is 2.69 bits per heavy atom. The van der Waals surface area contributed by atoms with Gasteiger partial charge in [0.2, 0.25) is 0 Å². The molecule has 0 saturated heterocycles. The molecule has 0 aliphatic carbocycles. The van der Waals surface area contributed by atoms with Gasteiger partial charge >= 0.3 is 5.95 Å². The summed E-state index contributed by atoms with van der Waals surface area (Å²) in [6.07, 6.45) is 0. The summed E-state index contributed by atoms with van der Waals surface area (Å²) >= 11 is 1.19. The zero-order valence-corrected chi connectivity index (χ0v) is 7.95. The van der Waals surface area contributed by atoms with E-state index in [-0.39, 0.29) is 0 Å². The fourth-order valence-corrected chi connectivity index (χ4v) is 1.43. The quantitative estimate of drug-likeness (QED) is 0.726. The monoisotopic (exact) mass is 193 g/mol. The Labute approximate surface area is 80.2 Å². The van der Waals surface area contributed by atoms with Crippen molar-refractivity contribution in [3.8, 4) is 0 Å². The molecule has 0 spiro atoms. The van der Waals surface area contributed by atoms with E-state index in [4.69, 9.17) is 0 Å². The number of hydrogen-bond donors (Lipinski definition) is 1. The molecule has 2 aromatic rings. The van der Waals surface area contributed by atoms with Crippen LogP contribution in [0.2, 0.25) is 0 Å². The Balaban J connectivity index is 2.20. The van der Waals surface area contributed by atoms with Gasteiger partial charge in [0.05, 0.1) is 12.7 Å². The molecule has 2 rings (SSSR count). The van der Waals surface area contributed by atoms with E-state index in [1.807, 2.05) is 37.4 Å². The van der Waals surface area contributed by atoms with Crippen molar-refractivity contribution in [3.63, 3.8) is 0 Å². The van der Waals surface area contributed by atoms with E-state index < -0.39 is 0 Å². The summed E-state index contributed by atoms with van der Waals surface area (Å²) in [4.78, 5) is 0. The lowest BCUT2D eigenvalue weighted by molar-refractivity contribution is -0.710. The van der Waals surface area contributed by atoms with Crippen LogP contribution in [-0.2, 0) is 7.05 Å². The van der Waals surface area contributed by atoms with Crippen LogP contribution in [0.4, 0.5) is 11.6 Å². The van der Waals surface area contributed by atoms with Gasteiger partial charge in [0.1, 0.15) is 0 Å². The normalized spacial score (nSPS) is 9.92. The summed E-state index contributed by atoms with van der Waals surface area (Å²) in [5, 5.41) is 3.15. The van der Waals surface area contributed by atoms with Crippen LogP contribution in [0.3, 0.4) is 0 Å². The molecule has 0 bridgehead atoms. The molecule has 66 valence electrons. The molecule has 1 heterocycles. The molecule has 0 fully saturated rings. The van der Waals surface area contributed by atoms with Gasteiger partial charge in [0.15, 0.2) is 11.7 Å². The van der Waals surface area contributed by atoms with E-state index in [0.717, 1.165) is 11.6 Å². The van der Waals surface area contributed by atoms with Crippen molar-refractivity contribution < 1.29 is 4.68 Å². The maximum absolute atomic E-state index is 4.09. The second-order valence-corrected chi connectivity index (χ2v) is 3.10. The Morgan fingerprint density at radius 2 is 2.08 bits per heavy atom. The van der Waals surface area contributed by atoms with Gasteiger partial charge in [0.25, 0.3) is 0 Å². The maximum atomic E-state index is 4.09. The number of benzene rings is 1. The van der Waals surface area contributed by atoms with Gasteiger partial charge in [-0.25, -0.2) is 5.32 Å². The highest BCUT2D eigenvalue weighted by atomic mass is 32.1. The van der Waals surface area contributed by atoms with E-state index in [9.17, 15) is 0 Å². The Kier molecular flexibility index (Phi) is 2.18. The molecule has 5 heteroatoms. The number of nitrogens with zero attached hydrogens (tertiary/aromatic N) is 3. The van der Waals surface area contributed by atoms with Gasteiger partial charge < -0.3 is 0 Å². The fraction of sp³-hybridized carbons (Fsp3) is 0.125. The highest BCUT2D eigenvalue weighted by Gasteiger charge is 2.10. The molecular weight excluding hydrogens is 184 g/mol. The van der Waals surface area contributed by atoms with Crippen LogP contribution in [0.1, 0.15) is 0 Å². The van der Waals surface area contributed by atoms with Gasteiger partial charge in [-0.05, 0) is 16.6 Å². The average Bonchev–Trinajstić information content (AvgIpc) is 2.54. The van der Waals surface area contributed by atoms with Crippen LogP contribution >= 0.6 is 11.7 Å². The molecule has 0 saturated carbocycles. The highest BCUT2D eigenvalue weighted by molar-refractivity contribution is 6.98. The van der Waals surface area contributed by atoms with Crippen molar-refractivity contribution in [3.05, 3.63) is 30.3 Å². The van der Waals surface area contributed by atoms with Crippen molar-refractivity contribution >= 4 is 23.4 Å². The zero-order valence-electron chi connectivity index (χ0n) is 7.14. The predicted molar refractivity (Wildman–Crippen MR) is 50.8 cm³/mol. The molecule has 0 radical (unpaired) electrons. The van der Waals surface area contributed by atoms with Gasteiger partial charge in [-0.15, -0.1) is 4.68 Å². The SMILES string of the molecule is C[n+]1nsnc1Nc1ccccc1. The van der Waals surface area contributed by atoms with Gasteiger partial charge in [-0.3, -0.25) is 0 Å². The minimum Gasteiger partial charge on any atom is -0.239 e. The lowest BCUT2D eigenvalue weighted by atomic mass is 10.3. The largest absolute Gasteiger partial charge is 0.430 e. The van der Waals surface area contributed by atoms with Gasteiger partial charge in [0, 0.05) is 4.37 Å². The minimum absolute atomic E-state index is 0.760. The summed E-state index contributed by atoms with van der Waals surface area (Å²) in [5.41, 5.74) is 1.02. The Morgan fingerprint density at radius 1 is 1.31 bits per heavy atom. The maximum Gasteiger partial charge on any atom is 0.430 e. The van der Waals surface area contributed by atoms with Crippen molar-refractivity contribution in [1.82, 2.24) is 8.86 Å². The molecule has 0 aliphatic heterocycles. The molecule has 0 unspecified atom stereocenters. The first kappa shape index (κ1) is 8.12. The average molecular weight is 193 g/mol. The summed E-state index contributed by atoms with van der Waals surface area (Å²) in [5.74, 6) is 0.760. The van der Waals surface area contributed by atoms with E-state index in [1.54, 1.807) is 4.68 Å².